The van der Waals surface area contributed by atoms with Gasteiger partial charge in [0.15, 0.2) is 11.5 Å². The first kappa shape index (κ1) is 21.8. The Morgan fingerprint density at radius 3 is 2.10 bits per heavy atom. The quantitative estimate of drug-likeness (QED) is 0.498. The molecule has 0 spiro atoms. The average Bonchev–Trinajstić information content (AvgIpc) is 2.78. The number of nitrogens with zero attached hydrogens (tertiary/aromatic N) is 1. The third-order valence-electron chi connectivity index (χ3n) is 4.57. The van der Waals surface area contributed by atoms with Crippen molar-refractivity contribution in [2.24, 2.45) is 0 Å². The molecule has 8 heteroatoms. The summed E-state index contributed by atoms with van der Waals surface area (Å²) in [5.74, 6) is 1.49. The van der Waals surface area contributed by atoms with Crippen LogP contribution in [0.5, 0.6) is 17.2 Å². The summed E-state index contributed by atoms with van der Waals surface area (Å²) in [5, 5.41) is 0.480. The van der Waals surface area contributed by atoms with E-state index in [4.69, 9.17) is 25.8 Å². The van der Waals surface area contributed by atoms with Crippen LogP contribution in [0.2, 0.25) is 5.02 Å². The number of rotatable bonds is 8. The van der Waals surface area contributed by atoms with Gasteiger partial charge in [-0.2, -0.15) is 0 Å². The summed E-state index contributed by atoms with van der Waals surface area (Å²) >= 11 is 6.31. The minimum Gasteiger partial charge on any atom is -0.497 e. The summed E-state index contributed by atoms with van der Waals surface area (Å²) in [4.78, 5) is 0.130. The Hall–Kier alpha value is -2.90. The van der Waals surface area contributed by atoms with Gasteiger partial charge in [-0.05, 0) is 48.0 Å². The smallest absolute Gasteiger partial charge is 0.264 e. The zero-order chi connectivity index (χ0) is 21.7. The molecule has 0 aliphatic rings. The number of methoxy groups -OCH3 is 3. The van der Waals surface area contributed by atoms with Gasteiger partial charge in [0.2, 0.25) is 0 Å². The fraction of sp³-hybridized carbons (Fsp3) is 0.182. The second-order valence-electron chi connectivity index (χ2n) is 6.32. The Kier molecular flexibility index (Phi) is 6.74. The molecule has 3 aromatic carbocycles. The van der Waals surface area contributed by atoms with Gasteiger partial charge in [0.05, 0.1) is 38.5 Å². The van der Waals surface area contributed by atoms with E-state index in [0.717, 1.165) is 0 Å². The first-order chi connectivity index (χ1) is 14.4. The first-order valence-electron chi connectivity index (χ1n) is 9.03. The number of hydrogen-bond acceptors (Lipinski definition) is 5. The molecule has 0 amide bonds. The number of halogens is 1. The maximum absolute atomic E-state index is 13.6. The fourth-order valence-corrected chi connectivity index (χ4v) is 4.58. The Labute approximate surface area is 181 Å². The van der Waals surface area contributed by atoms with Crippen molar-refractivity contribution >= 4 is 27.3 Å². The Morgan fingerprint density at radius 2 is 1.50 bits per heavy atom. The SMILES string of the molecule is COc1ccc(S(=O)(=O)N(Cc2ccccc2Cl)c2ccc(OC)c(OC)c2)cc1. The summed E-state index contributed by atoms with van der Waals surface area (Å²) < 4.78 is 44.2. The largest absolute Gasteiger partial charge is 0.497 e. The van der Waals surface area contributed by atoms with E-state index in [1.807, 2.05) is 6.07 Å². The number of anilines is 1. The summed E-state index contributed by atoms with van der Waals surface area (Å²) in [6.45, 7) is 0.0452. The van der Waals surface area contributed by atoms with E-state index in [1.54, 1.807) is 48.5 Å². The van der Waals surface area contributed by atoms with Crippen LogP contribution in [0.1, 0.15) is 5.56 Å². The summed E-state index contributed by atoms with van der Waals surface area (Å²) in [7, 11) is 0.628. The molecule has 0 saturated carbocycles. The van der Waals surface area contributed by atoms with Crippen LogP contribution in [0.4, 0.5) is 5.69 Å². The van der Waals surface area contributed by atoms with E-state index in [9.17, 15) is 8.42 Å². The van der Waals surface area contributed by atoms with Crippen LogP contribution in [0.15, 0.2) is 71.6 Å². The van der Waals surface area contributed by atoms with E-state index in [1.165, 1.54) is 37.8 Å². The molecule has 0 saturated heterocycles. The molecule has 0 aromatic heterocycles. The highest BCUT2D eigenvalue weighted by Gasteiger charge is 2.27. The number of hydrogen-bond donors (Lipinski definition) is 0. The number of sulfonamides is 1. The molecule has 0 aliphatic carbocycles. The van der Waals surface area contributed by atoms with Gasteiger partial charge in [0.1, 0.15) is 5.75 Å². The van der Waals surface area contributed by atoms with Crippen molar-refractivity contribution in [1.82, 2.24) is 0 Å². The van der Waals surface area contributed by atoms with Crippen LogP contribution in [-0.2, 0) is 16.6 Å². The van der Waals surface area contributed by atoms with Gasteiger partial charge in [-0.1, -0.05) is 29.8 Å². The van der Waals surface area contributed by atoms with Crippen LogP contribution >= 0.6 is 11.6 Å². The Bertz CT molecular complexity index is 1120. The van der Waals surface area contributed by atoms with Crippen LogP contribution in [0.25, 0.3) is 0 Å². The summed E-state index contributed by atoms with van der Waals surface area (Å²) in [6.07, 6.45) is 0. The van der Waals surface area contributed by atoms with E-state index >= 15 is 0 Å². The van der Waals surface area contributed by atoms with Crippen molar-refractivity contribution in [3.8, 4) is 17.2 Å². The Balaban J connectivity index is 2.12. The topological polar surface area (TPSA) is 65.1 Å². The maximum Gasteiger partial charge on any atom is 0.264 e. The molecule has 0 aliphatic heterocycles. The minimum atomic E-state index is -3.92. The van der Waals surface area contributed by atoms with Crippen LogP contribution in [0, 0.1) is 0 Å². The van der Waals surface area contributed by atoms with Crippen molar-refractivity contribution in [2.45, 2.75) is 11.4 Å². The second-order valence-corrected chi connectivity index (χ2v) is 8.59. The molecular weight excluding hydrogens is 426 g/mol. The normalized spacial score (nSPS) is 11.1. The molecule has 158 valence electrons. The monoisotopic (exact) mass is 447 g/mol. The Morgan fingerprint density at radius 1 is 0.833 bits per heavy atom. The first-order valence-corrected chi connectivity index (χ1v) is 10.8. The highest BCUT2D eigenvalue weighted by atomic mass is 35.5. The van der Waals surface area contributed by atoms with Crippen molar-refractivity contribution in [2.75, 3.05) is 25.6 Å². The molecular formula is C22H22ClNO5S. The van der Waals surface area contributed by atoms with Gasteiger partial charge in [0, 0.05) is 11.1 Å². The number of benzene rings is 3. The maximum atomic E-state index is 13.6. The molecule has 0 atom stereocenters. The van der Waals surface area contributed by atoms with Crippen molar-refractivity contribution in [1.29, 1.82) is 0 Å². The standard InChI is InChI=1S/C22H22ClNO5S/c1-27-18-9-11-19(12-10-18)30(25,26)24(15-16-6-4-5-7-20(16)23)17-8-13-21(28-2)22(14-17)29-3/h4-14H,15H2,1-3H3. The third-order valence-corrected chi connectivity index (χ3v) is 6.73. The summed E-state index contributed by atoms with van der Waals surface area (Å²) in [6, 6.07) is 18.3. The fourth-order valence-electron chi connectivity index (χ4n) is 2.95. The lowest BCUT2D eigenvalue weighted by molar-refractivity contribution is 0.355. The molecule has 0 radical (unpaired) electrons. The van der Waals surface area contributed by atoms with Gasteiger partial charge in [-0.3, -0.25) is 4.31 Å². The summed E-state index contributed by atoms with van der Waals surface area (Å²) in [5.41, 5.74) is 1.09. The minimum absolute atomic E-state index is 0.0452. The van der Waals surface area contributed by atoms with Crippen molar-refractivity contribution in [3.05, 3.63) is 77.3 Å². The van der Waals surface area contributed by atoms with E-state index in [2.05, 4.69) is 0 Å². The van der Waals surface area contributed by atoms with Gasteiger partial charge >= 0.3 is 0 Å². The lowest BCUT2D eigenvalue weighted by Gasteiger charge is -2.26. The van der Waals surface area contributed by atoms with Gasteiger partial charge < -0.3 is 14.2 Å². The lowest BCUT2D eigenvalue weighted by atomic mass is 10.2. The highest BCUT2D eigenvalue weighted by Crippen LogP contribution is 2.35. The molecule has 0 bridgehead atoms. The molecule has 0 fully saturated rings. The van der Waals surface area contributed by atoms with Crippen LogP contribution in [-0.4, -0.2) is 29.7 Å². The van der Waals surface area contributed by atoms with E-state index in [0.29, 0.717) is 33.5 Å². The molecule has 30 heavy (non-hydrogen) atoms. The third kappa shape index (κ3) is 4.47. The molecule has 3 aromatic rings. The van der Waals surface area contributed by atoms with Gasteiger partial charge in [-0.15, -0.1) is 0 Å². The van der Waals surface area contributed by atoms with E-state index < -0.39 is 10.0 Å². The number of ether oxygens (including phenoxy) is 3. The lowest BCUT2D eigenvalue weighted by Crippen LogP contribution is -2.30. The predicted octanol–water partition coefficient (Wildman–Crippen LogP) is 4.76. The van der Waals surface area contributed by atoms with Gasteiger partial charge in [-0.25, -0.2) is 8.42 Å². The zero-order valence-corrected chi connectivity index (χ0v) is 18.4. The predicted molar refractivity (Wildman–Crippen MR) is 117 cm³/mol. The highest BCUT2D eigenvalue weighted by molar-refractivity contribution is 7.92. The molecule has 6 nitrogen and oxygen atoms in total. The molecule has 0 unspecified atom stereocenters. The molecule has 0 heterocycles. The second kappa shape index (κ2) is 9.28. The average molecular weight is 448 g/mol. The van der Waals surface area contributed by atoms with Crippen LogP contribution in [0.3, 0.4) is 0 Å². The van der Waals surface area contributed by atoms with Crippen LogP contribution < -0.4 is 18.5 Å². The molecule has 0 N–H and O–H groups in total. The van der Waals surface area contributed by atoms with Crippen molar-refractivity contribution in [3.63, 3.8) is 0 Å². The molecule has 3 rings (SSSR count). The van der Waals surface area contributed by atoms with Gasteiger partial charge in [0.25, 0.3) is 10.0 Å². The zero-order valence-electron chi connectivity index (χ0n) is 16.8. The van der Waals surface area contributed by atoms with E-state index in [-0.39, 0.29) is 11.4 Å². The van der Waals surface area contributed by atoms with Crippen molar-refractivity contribution < 1.29 is 22.6 Å².